The van der Waals surface area contributed by atoms with E-state index in [1.165, 1.54) is 10.5 Å². The first kappa shape index (κ1) is 19.9. The zero-order valence-corrected chi connectivity index (χ0v) is 18.3. The molecule has 3 heterocycles. The Kier molecular flexibility index (Phi) is 4.85. The van der Waals surface area contributed by atoms with Gasteiger partial charge >= 0.3 is 6.03 Å². The van der Waals surface area contributed by atoms with Crippen LogP contribution in [0.3, 0.4) is 0 Å². The summed E-state index contributed by atoms with van der Waals surface area (Å²) in [7, 11) is 1.71. The molecule has 2 unspecified atom stereocenters. The van der Waals surface area contributed by atoms with Crippen LogP contribution in [0, 0.1) is 0 Å². The second kappa shape index (κ2) is 7.57. The van der Waals surface area contributed by atoms with Gasteiger partial charge in [0.2, 0.25) is 5.96 Å². The fraction of sp³-hybridized carbons (Fsp3) is 0.348. The molecule has 0 radical (unpaired) electrons. The number of carbonyl (C=O) groups excluding carboxylic acids is 2. The number of aliphatic imine (C=N–C) groups is 1. The number of guanidine groups is 1. The van der Waals surface area contributed by atoms with Crippen molar-refractivity contribution >= 4 is 35.2 Å². The van der Waals surface area contributed by atoms with E-state index in [1.807, 2.05) is 23.1 Å². The molecule has 3 amide bonds. The molecule has 8 heteroatoms. The first-order valence-corrected chi connectivity index (χ1v) is 10.9. The van der Waals surface area contributed by atoms with Crippen molar-refractivity contribution in [3.63, 3.8) is 0 Å². The van der Waals surface area contributed by atoms with Crippen LogP contribution in [0.1, 0.15) is 18.1 Å². The highest BCUT2D eigenvalue weighted by Gasteiger charge is 2.54. The Bertz CT molecular complexity index is 1070. The lowest BCUT2D eigenvalue weighted by atomic mass is 10.1. The number of anilines is 1. The van der Waals surface area contributed by atoms with E-state index in [4.69, 9.17) is 16.6 Å². The van der Waals surface area contributed by atoms with Crippen LogP contribution < -0.4 is 4.90 Å². The summed E-state index contributed by atoms with van der Waals surface area (Å²) in [4.78, 5) is 38.3. The molecule has 2 aromatic carbocycles. The largest absolute Gasteiger partial charge is 0.328 e. The van der Waals surface area contributed by atoms with E-state index in [9.17, 15) is 9.59 Å². The van der Waals surface area contributed by atoms with Crippen LogP contribution in [0.2, 0.25) is 5.02 Å². The van der Waals surface area contributed by atoms with E-state index in [0.29, 0.717) is 11.6 Å². The number of fused-ring (bicyclic) bond motifs is 3. The van der Waals surface area contributed by atoms with Crippen LogP contribution in [-0.4, -0.2) is 64.9 Å². The molecule has 0 N–H and O–H groups in total. The zero-order chi connectivity index (χ0) is 21.7. The molecule has 7 nitrogen and oxygen atoms in total. The van der Waals surface area contributed by atoms with Gasteiger partial charge in [-0.3, -0.25) is 9.69 Å². The lowest BCUT2D eigenvalue weighted by Gasteiger charge is -2.40. The minimum atomic E-state index is -0.518. The zero-order valence-electron chi connectivity index (χ0n) is 17.5. The number of halogens is 1. The van der Waals surface area contributed by atoms with Crippen LogP contribution in [-0.2, 0) is 17.8 Å². The van der Waals surface area contributed by atoms with Gasteiger partial charge in [0.15, 0.2) is 12.2 Å². The number of hydrogen-bond donors (Lipinski definition) is 0. The summed E-state index contributed by atoms with van der Waals surface area (Å²) in [6.45, 7) is 3.72. The van der Waals surface area contributed by atoms with E-state index in [-0.39, 0.29) is 18.5 Å². The first-order valence-electron chi connectivity index (χ1n) is 10.5. The van der Waals surface area contributed by atoms with Gasteiger partial charge in [-0.05, 0) is 35.7 Å². The standard InChI is InChI=1S/C23H24ClN5O2/c1-3-15-8-10-17(11-9-15)27-12-13-28-19-20(25-22(27)28)26(2)23(31)29(21(19)30)14-16-6-4-5-7-18(16)24/h4-11,19-20H,3,12-14H2,1-2H3. The molecule has 0 aliphatic carbocycles. The number of hydrogen-bond acceptors (Lipinski definition) is 5. The predicted molar refractivity (Wildman–Crippen MR) is 120 cm³/mol. The third-order valence-corrected chi connectivity index (χ3v) is 6.69. The molecule has 2 aromatic rings. The Balaban J connectivity index is 1.43. The molecule has 2 saturated heterocycles. The number of rotatable bonds is 4. The molecule has 3 aliphatic rings. The first-order chi connectivity index (χ1) is 15.0. The second-order valence-corrected chi connectivity index (χ2v) is 8.47. The maximum atomic E-state index is 13.4. The Hall–Kier alpha value is -3.06. The third kappa shape index (κ3) is 3.15. The number of nitrogens with zero attached hydrogens (tertiary/aromatic N) is 5. The van der Waals surface area contributed by atoms with Gasteiger partial charge < -0.3 is 14.7 Å². The van der Waals surface area contributed by atoms with Crippen molar-refractivity contribution in [3.8, 4) is 0 Å². The fourth-order valence-corrected chi connectivity index (χ4v) is 4.73. The number of amides is 3. The molecular formula is C23H24ClN5O2. The van der Waals surface area contributed by atoms with Crippen molar-refractivity contribution in [2.75, 3.05) is 25.0 Å². The lowest BCUT2D eigenvalue weighted by Crippen LogP contribution is -2.64. The maximum absolute atomic E-state index is 13.4. The van der Waals surface area contributed by atoms with Gasteiger partial charge in [0, 0.05) is 30.8 Å². The van der Waals surface area contributed by atoms with Gasteiger partial charge in [-0.15, -0.1) is 0 Å². The Labute approximate surface area is 186 Å². The molecule has 0 aromatic heterocycles. The number of imide groups is 1. The van der Waals surface area contributed by atoms with E-state index in [2.05, 4.69) is 36.1 Å². The molecule has 0 bridgehead atoms. The predicted octanol–water partition coefficient (Wildman–Crippen LogP) is 3.18. The lowest BCUT2D eigenvalue weighted by molar-refractivity contribution is -0.137. The minimum absolute atomic E-state index is 0.149. The van der Waals surface area contributed by atoms with E-state index >= 15 is 0 Å². The summed E-state index contributed by atoms with van der Waals surface area (Å²) in [5, 5.41) is 0.541. The topological polar surface area (TPSA) is 59.5 Å². The number of carbonyl (C=O) groups is 2. The van der Waals surface area contributed by atoms with Gasteiger partial charge in [0.25, 0.3) is 5.91 Å². The molecule has 2 atom stereocenters. The number of benzene rings is 2. The SMILES string of the molecule is CCc1ccc(N2CCN3C2=NC2C3C(=O)N(Cc3ccccc3Cl)C(=O)N2C)cc1. The number of urea groups is 1. The summed E-state index contributed by atoms with van der Waals surface area (Å²) in [5.74, 6) is 0.529. The quantitative estimate of drug-likeness (QED) is 0.737. The fourth-order valence-electron chi connectivity index (χ4n) is 4.54. The monoisotopic (exact) mass is 437 g/mol. The summed E-state index contributed by atoms with van der Waals surface area (Å²) >= 11 is 6.28. The minimum Gasteiger partial charge on any atom is -0.325 e. The van der Waals surface area contributed by atoms with E-state index < -0.39 is 12.2 Å². The average molecular weight is 438 g/mol. The molecule has 0 saturated carbocycles. The van der Waals surface area contributed by atoms with Gasteiger partial charge in [-0.1, -0.05) is 48.9 Å². The van der Waals surface area contributed by atoms with Crippen LogP contribution in [0.4, 0.5) is 10.5 Å². The molecule has 2 fully saturated rings. The Morgan fingerprint density at radius 1 is 1.06 bits per heavy atom. The van der Waals surface area contributed by atoms with Gasteiger partial charge in [0.05, 0.1) is 6.54 Å². The highest BCUT2D eigenvalue weighted by molar-refractivity contribution is 6.31. The summed E-state index contributed by atoms with van der Waals surface area (Å²) in [6, 6.07) is 14.8. The molecular weight excluding hydrogens is 414 g/mol. The van der Waals surface area contributed by atoms with Crippen molar-refractivity contribution < 1.29 is 9.59 Å². The van der Waals surface area contributed by atoms with Crippen molar-refractivity contribution in [1.29, 1.82) is 0 Å². The van der Waals surface area contributed by atoms with Crippen LogP contribution >= 0.6 is 11.6 Å². The van der Waals surface area contributed by atoms with Crippen molar-refractivity contribution in [2.24, 2.45) is 4.99 Å². The Morgan fingerprint density at radius 2 is 1.81 bits per heavy atom. The normalized spacial score (nSPS) is 22.7. The number of aryl methyl sites for hydroxylation is 1. The number of likely N-dealkylation sites (N-methyl/N-ethyl adjacent to an activating group) is 1. The Morgan fingerprint density at radius 3 is 2.52 bits per heavy atom. The molecule has 160 valence electrons. The summed E-state index contributed by atoms with van der Waals surface area (Å²) in [5.41, 5.74) is 3.07. The highest BCUT2D eigenvalue weighted by Crippen LogP contribution is 2.34. The average Bonchev–Trinajstić information content (AvgIpc) is 3.36. The van der Waals surface area contributed by atoms with Crippen molar-refractivity contribution in [3.05, 3.63) is 64.7 Å². The van der Waals surface area contributed by atoms with Gasteiger partial charge in [-0.25, -0.2) is 9.79 Å². The van der Waals surface area contributed by atoms with E-state index in [0.717, 1.165) is 30.2 Å². The third-order valence-electron chi connectivity index (χ3n) is 6.32. The van der Waals surface area contributed by atoms with Crippen LogP contribution in [0.25, 0.3) is 0 Å². The summed E-state index contributed by atoms with van der Waals surface area (Å²) < 4.78 is 0. The molecule has 0 spiro atoms. The smallest absolute Gasteiger partial charge is 0.325 e. The summed E-state index contributed by atoms with van der Waals surface area (Å²) in [6.07, 6.45) is 0.468. The maximum Gasteiger partial charge on any atom is 0.328 e. The van der Waals surface area contributed by atoms with Crippen molar-refractivity contribution in [1.82, 2.24) is 14.7 Å². The molecule has 31 heavy (non-hydrogen) atoms. The highest BCUT2D eigenvalue weighted by atomic mass is 35.5. The van der Waals surface area contributed by atoms with Crippen LogP contribution in [0.5, 0.6) is 0 Å². The molecule has 5 rings (SSSR count). The molecule has 3 aliphatic heterocycles. The van der Waals surface area contributed by atoms with Gasteiger partial charge in [-0.2, -0.15) is 0 Å². The van der Waals surface area contributed by atoms with Crippen LogP contribution in [0.15, 0.2) is 53.5 Å². The van der Waals surface area contributed by atoms with E-state index in [1.54, 1.807) is 18.0 Å². The van der Waals surface area contributed by atoms with Gasteiger partial charge in [0.1, 0.15) is 0 Å². The second-order valence-electron chi connectivity index (χ2n) is 8.06. The van der Waals surface area contributed by atoms with Crippen molar-refractivity contribution in [2.45, 2.75) is 32.1 Å².